The molecular weight excluding hydrogens is 709 g/mol. The molecular formula is C16H7F23O5. The smallest absolute Gasteiger partial charge is 0.456 e. The van der Waals surface area contributed by atoms with E-state index in [9.17, 15) is 106 Å². The highest BCUT2D eigenvalue weighted by Gasteiger charge is 2.88. The highest BCUT2D eigenvalue weighted by molar-refractivity contribution is 5.86. The fraction of sp³-hybridized carbons (Fsp3) is 0.812. The molecule has 0 amide bonds. The van der Waals surface area contributed by atoms with Crippen molar-refractivity contribution in [1.29, 1.82) is 0 Å². The summed E-state index contributed by atoms with van der Waals surface area (Å²) in [6.07, 6.45) is -57.2. The number of ether oxygens (including phenoxy) is 4. The number of hydrogen-bond acceptors (Lipinski definition) is 5. The Labute approximate surface area is 224 Å². The van der Waals surface area contributed by atoms with Crippen molar-refractivity contribution in [3.8, 4) is 0 Å². The number of carbonyl (C=O) groups excluding carboxylic acids is 1. The molecule has 0 aromatic carbocycles. The van der Waals surface area contributed by atoms with Crippen LogP contribution in [-0.2, 0) is 23.7 Å². The first-order chi connectivity index (χ1) is 18.7. The van der Waals surface area contributed by atoms with Gasteiger partial charge >= 0.3 is 72.5 Å². The third-order valence-electron chi connectivity index (χ3n) is 4.19. The third-order valence-corrected chi connectivity index (χ3v) is 4.19. The molecule has 0 N–H and O–H groups in total. The normalized spacial score (nSPS) is 19.1. The van der Waals surface area contributed by atoms with Gasteiger partial charge in [0.2, 0.25) is 0 Å². The third kappa shape index (κ3) is 7.47. The monoisotopic (exact) mass is 716 g/mol. The minimum atomic E-state index is -8.73. The highest BCUT2D eigenvalue weighted by atomic mass is 19.4. The topological polar surface area (TPSA) is 54.0 Å². The van der Waals surface area contributed by atoms with Gasteiger partial charge in [-0.15, -0.1) is 0 Å². The summed E-state index contributed by atoms with van der Waals surface area (Å²) >= 11 is 0. The number of rotatable bonds is 12. The van der Waals surface area contributed by atoms with Gasteiger partial charge in [-0.2, -0.15) is 101 Å². The van der Waals surface area contributed by atoms with Crippen molar-refractivity contribution < 1.29 is 125 Å². The molecule has 0 bridgehead atoms. The van der Waals surface area contributed by atoms with Crippen LogP contribution in [0.1, 0.15) is 6.92 Å². The summed E-state index contributed by atoms with van der Waals surface area (Å²) in [5, 5.41) is 0. The maximum absolute atomic E-state index is 14.3. The van der Waals surface area contributed by atoms with Gasteiger partial charge in [0.15, 0.2) is 6.61 Å². The van der Waals surface area contributed by atoms with Crippen LogP contribution in [0.3, 0.4) is 0 Å². The fourth-order valence-electron chi connectivity index (χ4n) is 1.93. The SMILES string of the molecule is C=C(C)C(=O)OCC(F)(OC(F)(F)C(F)(OC(F)(F)C(F)(OC(F)(F)C(F)(F)C(F)(F)F)C(F)(F)F)C(F)(F)F)C(F)(F)F. The van der Waals surface area contributed by atoms with Crippen molar-refractivity contribution in [2.24, 2.45) is 0 Å². The lowest BCUT2D eigenvalue weighted by atomic mass is 10.2. The zero-order valence-corrected chi connectivity index (χ0v) is 19.6. The number of hydrogen-bond donors (Lipinski definition) is 0. The Morgan fingerprint density at radius 2 is 0.818 bits per heavy atom. The molecule has 0 aliphatic heterocycles. The van der Waals surface area contributed by atoms with E-state index in [0.29, 0.717) is 6.92 Å². The predicted molar refractivity (Wildman–Crippen MR) is 84.6 cm³/mol. The maximum atomic E-state index is 14.3. The molecule has 0 aromatic rings. The van der Waals surface area contributed by atoms with Gasteiger partial charge in [0, 0.05) is 5.57 Å². The van der Waals surface area contributed by atoms with Gasteiger partial charge in [-0.3, -0.25) is 14.2 Å². The van der Waals surface area contributed by atoms with E-state index in [2.05, 4.69) is 11.3 Å². The van der Waals surface area contributed by atoms with Crippen molar-refractivity contribution in [2.45, 2.75) is 73.4 Å². The van der Waals surface area contributed by atoms with E-state index in [1.807, 2.05) is 4.74 Å². The second-order valence-electron chi connectivity index (χ2n) is 7.70. The lowest BCUT2D eigenvalue weighted by molar-refractivity contribution is -0.579. The Kier molecular flexibility index (Phi) is 10.7. The quantitative estimate of drug-likeness (QED) is 0.117. The van der Waals surface area contributed by atoms with E-state index in [-0.39, 0.29) is 0 Å². The molecule has 44 heavy (non-hydrogen) atoms. The van der Waals surface area contributed by atoms with Gasteiger partial charge in [0.1, 0.15) is 0 Å². The molecule has 0 saturated carbocycles. The first-order valence-electron chi connectivity index (χ1n) is 9.48. The summed E-state index contributed by atoms with van der Waals surface area (Å²) in [5.74, 6) is -34.4. The van der Waals surface area contributed by atoms with Crippen molar-refractivity contribution >= 4 is 5.97 Å². The predicted octanol–water partition coefficient (Wildman–Crippen LogP) is 7.82. The van der Waals surface area contributed by atoms with Crippen LogP contribution in [0.2, 0.25) is 0 Å². The summed E-state index contributed by atoms with van der Waals surface area (Å²) in [7, 11) is 0. The summed E-state index contributed by atoms with van der Waals surface area (Å²) in [5.41, 5.74) is -1.04. The summed E-state index contributed by atoms with van der Waals surface area (Å²) in [6.45, 7) is -0.300. The van der Waals surface area contributed by atoms with Crippen molar-refractivity contribution in [3.63, 3.8) is 0 Å². The van der Waals surface area contributed by atoms with Gasteiger partial charge in [-0.1, -0.05) is 6.58 Å². The van der Waals surface area contributed by atoms with E-state index in [1.54, 1.807) is 0 Å². The van der Waals surface area contributed by atoms with Crippen LogP contribution in [0.15, 0.2) is 12.2 Å². The number of carbonyl (C=O) groups is 1. The Bertz CT molecular complexity index is 1060. The molecule has 3 atom stereocenters. The van der Waals surface area contributed by atoms with Gasteiger partial charge in [-0.05, 0) is 6.92 Å². The maximum Gasteiger partial charge on any atom is 0.462 e. The molecule has 0 aliphatic carbocycles. The molecule has 0 heterocycles. The van der Waals surface area contributed by atoms with Crippen LogP contribution in [0.25, 0.3) is 0 Å². The standard InChI is InChI=1S/C16H7F23O5/c1-4(2)5(40)41-3-6(17,10(22,23)24)42-15(36,37)8(20,12(28,29)30)44-16(38,39)9(21,13(31,32)33)43-14(34,35)7(18,19)11(25,26)27/h1,3H2,2H3. The zero-order valence-electron chi connectivity index (χ0n) is 19.6. The molecule has 28 heteroatoms. The first-order valence-corrected chi connectivity index (χ1v) is 9.48. The number of esters is 1. The largest absolute Gasteiger partial charge is 0.462 e. The van der Waals surface area contributed by atoms with Crippen LogP contribution in [0, 0.1) is 0 Å². The van der Waals surface area contributed by atoms with E-state index < -0.39 is 84.7 Å². The number of alkyl halides is 23. The molecule has 0 aliphatic rings. The Morgan fingerprint density at radius 1 is 0.500 bits per heavy atom. The highest BCUT2D eigenvalue weighted by Crippen LogP contribution is 2.59. The van der Waals surface area contributed by atoms with Crippen LogP contribution >= 0.6 is 0 Å². The van der Waals surface area contributed by atoms with Crippen LogP contribution in [0.4, 0.5) is 101 Å². The van der Waals surface area contributed by atoms with E-state index >= 15 is 0 Å². The van der Waals surface area contributed by atoms with Crippen molar-refractivity contribution in [2.75, 3.05) is 6.61 Å². The lowest BCUT2D eigenvalue weighted by Crippen LogP contribution is -2.70. The molecule has 0 radical (unpaired) electrons. The minimum Gasteiger partial charge on any atom is -0.456 e. The van der Waals surface area contributed by atoms with E-state index in [0.717, 1.165) is 4.74 Å². The molecule has 0 saturated heterocycles. The lowest BCUT2D eigenvalue weighted by Gasteiger charge is -2.42. The van der Waals surface area contributed by atoms with E-state index in [4.69, 9.17) is 0 Å². The number of halogens is 23. The van der Waals surface area contributed by atoms with Gasteiger partial charge in [-0.25, -0.2) is 4.79 Å². The molecule has 262 valence electrons. The van der Waals surface area contributed by atoms with Gasteiger partial charge in [0.25, 0.3) is 0 Å². The van der Waals surface area contributed by atoms with Crippen LogP contribution < -0.4 is 0 Å². The van der Waals surface area contributed by atoms with Crippen LogP contribution in [-0.4, -0.2) is 79.1 Å². The summed E-state index contributed by atoms with van der Waals surface area (Å²) < 4.78 is 310. The van der Waals surface area contributed by atoms with E-state index in [1.165, 1.54) is 4.74 Å². The molecule has 0 fully saturated rings. The van der Waals surface area contributed by atoms with Crippen molar-refractivity contribution in [1.82, 2.24) is 0 Å². The van der Waals surface area contributed by atoms with Crippen molar-refractivity contribution in [3.05, 3.63) is 12.2 Å². The van der Waals surface area contributed by atoms with Gasteiger partial charge in [0.05, 0.1) is 0 Å². The second-order valence-corrected chi connectivity index (χ2v) is 7.70. The zero-order chi connectivity index (χ0) is 36.2. The fourth-order valence-corrected chi connectivity index (χ4v) is 1.93. The molecule has 0 spiro atoms. The Morgan fingerprint density at radius 3 is 1.09 bits per heavy atom. The first kappa shape index (κ1) is 41.5. The average molecular weight is 716 g/mol. The summed E-state index contributed by atoms with van der Waals surface area (Å²) in [4.78, 5) is 11.1. The van der Waals surface area contributed by atoms with Crippen LogP contribution in [0.5, 0.6) is 0 Å². The summed E-state index contributed by atoms with van der Waals surface area (Å²) in [6, 6.07) is 0. The average Bonchev–Trinajstić information content (AvgIpc) is 2.72. The minimum absolute atomic E-state index is 0.525. The molecule has 0 rings (SSSR count). The molecule has 3 unspecified atom stereocenters. The second kappa shape index (κ2) is 11.4. The molecule has 5 nitrogen and oxygen atoms in total. The molecule has 0 aromatic heterocycles. The van der Waals surface area contributed by atoms with Gasteiger partial charge < -0.3 is 4.74 Å². The Balaban J connectivity index is 7.21. The Hall–Kier alpha value is -2.52.